The van der Waals surface area contributed by atoms with Gasteiger partial charge in [-0.3, -0.25) is 4.79 Å². The van der Waals surface area contributed by atoms with Gasteiger partial charge in [0.15, 0.2) is 0 Å². The Morgan fingerprint density at radius 1 is 1.09 bits per heavy atom. The van der Waals surface area contributed by atoms with Gasteiger partial charge < -0.3 is 20.6 Å². The molecule has 0 spiro atoms. The van der Waals surface area contributed by atoms with E-state index in [9.17, 15) is 14.7 Å². The molecular weight excluding hydrogens is 449 g/mol. The molecule has 0 aliphatic carbocycles. The number of piperidine rings is 1. The minimum atomic E-state index is -1.09. The monoisotopic (exact) mass is 485 g/mol. The van der Waals surface area contributed by atoms with E-state index >= 15 is 0 Å². The third-order valence-electron chi connectivity index (χ3n) is 6.59. The molecule has 0 saturated carbocycles. The van der Waals surface area contributed by atoms with Gasteiger partial charge in [0, 0.05) is 35.4 Å². The number of nitrogens with one attached hydrogen (secondary N) is 2. The molecular formula is C24H37Cl2N3O3. The molecule has 3 N–H and O–H groups in total. The molecule has 8 heteroatoms. The van der Waals surface area contributed by atoms with E-state index in [1.807, 2.05) is 53.7 Å². The second-order valence-corrected chi connectivity index (χ2v) is 10.9. The summed E-state index contributed by atoms with van der Waals surface area (Å²) < 4.78 is 0. The summed E-state index contributed by atoms with van der Waals surface area (Å²) in [5.74, 6) is 0.241. The number of urea groups is 1. The summed E-state index contributed by atoms with van der Waals surface area (Å²) in [6, 6.07) is 5.97. The summed E-state index contributed by atoms with van der Waals surface area (Å²) >= 11 is 12.0. The number of rotatable bonds is 7. The van der Waals surface area contributed by atoms with Gasteiger partial charge in [0.2, 0.25) is 5.91 Å². The molecule has 0 bridgehead atoms. The Bertz CT molecular complexity index is 798. The van der Waals surface area contributed by atoms with Gasteiger partial charge in [0.05, 0.1) is 5.60 Å². The number of aliphatic hydroxyl groups is 1. The van der Waals surface area contributed by atoms with Crippen molar-refractivity contribution in [3.63, 3.8) is 0 Å². The minimum Gasteiger partial charge on any atom is -0.384 e. The molecule has 0 aromatic heterocycles. The van der Waals surface area contributed by atoms with E-state index in [1.54, 1.807) is 17.0 Å². The van der Waals surface area contributed by atoms with Crippen LogP contribution >= 0.6 is 23.2 Å². The molecule has 1 aromatic rings. The lowest BCUT2D eigenvalue weighted by Gasteiger charge is -2.51. The first kappa shape index (κ1) is 26.7. The van der Waals surface area contributed by atoms with Gasteiger partial charge in [0.25, 0.3) is 0 Å². The van der Waals surface area contributed by atoms with E-state index in [0.717, 1.165) is 5.56 Å². The summed E-state index contributed by atoms with van der Waals surface area (Å²) in [5.41, 5.74) is -0.894. The second kappa shape index (κ2) is 10.6. The van der Waals surface area contributed by atoms with Crippen molar-refractivity contribution in [2.45, 2.75) is 65.6 Å². The average molecular weight is 486 g/mol. The van der Waals surface area contributed by atoms with Crippen molar-refractivity contribution >= 4 is 35.1 Å². The minimum absolute atomic E-state index is 0.0954. The predicted octanol–water partition coefficient (Wildman–Crippen LogP) is 4.37. The van der Waals surface area contributed by atoms with E-state index in [4.69, 9.17) is 23.2 Å². The highest BCUT2D eigenvalue weighted by Crippen LogP contribution is 2.46. The maximum absolute atomic E-state index is 13.4. The van der Waals surface area contributed by atoms with Gasteiger partial charge in [-0.05, 0) is 36.0 Å². The number of likely N-dealkylation sites (tertiary alicyclic amines) is 1. The fraction of sp³-hybridized carbons (Fsp3) is 0.667. The zero-order valence-corrected chi connectivity index (χ0v) is 21.4. The first-order valence-electron chi connectivity index (χ1n) is 11.2. The number of carbonyl (C=O) groups excluding carboxylic acids is 2. The molecule has 1 saturated heterocycles. The summed E-state index contributed by atoms with van der Waals surface area (Å²) in [5, 5.41) is 17.9. The van der Waals surface area contributed by atoms with E-state index in [0.29, 0.717) is 30.4 Å². The zero-order chi connectivity index (χ0) is 24.3. The number of nitrogens with zero attached hydrogens (tertiary/aromatic N) is 1. The number of halogens is 2. The Balaban J connectivity index is 2.14. The van der Waals surface area contributed by atoms with E-state index in [2.05, 4.69) is 10.6 Å². The van der Waals surface area contributed by atoms with E-state index < -0.39 is 23.1 Å². The molecule has 3 amide bonds. The van der Waals surface area contributed by atoms with Crippen molar-refractivity contribution in [2.75, 3.05) is 19.0 Å². The maximum Gasteiger partial charge on any atom is 0.315 e. The number of carbonyl (C=O) groups is 2. The third kappa shape index (κ3) is 5.89. The van der Waals surface area contributed by atoms with Crippen LogP contribution in [0.5, 0.6) is 0 Å². The molecule has 1 aliphatic rings. The number of hydrogen-bond donors (Lipinski definition) is 3. The summed E-state index contributed by atoms with van der Waals surface area (Å²) in [6.45, 7) is 12.5. The van der Waals surface area contributed by atoms with Crippen molar-refractivity contribution in [1.29, 1.82) is 0 Å². The normalized spacial score (nSPS) is 22.5. The molecule has 6 nitrogen and oxygen atoms in total. The number of benzene rings is 1. The quantitative estimate of drug-likeness (QED) is 0.501. The average Bonchev–Trinajstić information content (AvgIpc) is 2.71. The first-order valence-corrected chi connectivity index (χ1v) is 12.1. The van der Waals surface area contributed by atoms with Crippen LogP contribution in [0, 0.1) is 17.3 Å². The lowest BCUT2D eigenvalue weighted by Crippen LogP contribution is -2.61. The van der Waals surface area contributed by atoms with Crippen molar-refractivity contribution in [3.8, 4) is 0 Å². The lowest BCUT2D eigenvalue weighted by atomic mass is 9.66. The van der Waals surface area contributed by atoms with Gasteiger partial charge >= 0.3 is 6.03 Å². The predicted molar refractivity (Wildman–Crippen MR) is 130 cm³/mol. The molecule has 1 aliphatic heterocycles. The Labute approximate surface area is 202 Å². The fourth-order valence-corrected chi connectivity index (χ4v) is 4.78. The molecule has 1 fully saturated rings. The number of hydrogen-bond acceptors (Lipinski definition) is 3. The number of alkyl halides is 1. The molecule has 3 atom stereocenters. The van der Waals surface area contributed by atoms with Crippen molar-refractivity contribution in [1.82, 2.24) is 15.5 Å². The van der Waals surface area contributed by atoms with Crippen LogP contribution in [-0.4, -0.2) is 53.0 Å². The molecule has 180 valence electrons. The topological polar surface area (TPSA) is 81.7 Å². The van der Waals surface area contributed by atoms with Crippen LogP contribution in [0.2, 0.25) is 5.02 Å². The highest BCUT2D eigenvalue weighted by molar-refractivity contribution is 6.30. The third-order valence-corrected chi connectivity index (χ3v) is 7.17. The molecule has 32 heavy (non-hydrogen) atoms. The van der Waals surface area contributed by atoms with Crippen LogP contribution in [0.25, 0.3) is 0 Å². The smallest absolute Gasteiger partial charge is 0.315 e. The highest BCUT2D eigenvalue weighted by atomic mass is 35.5. The van der Waals surface area contributed by atoms with Gasteiger partial charge in [-0.25, -0.2) is 4.79 Å². The largest absolute Gasteiger partial charge is 0.384 e. The van der Waals surface area contributed by atoms with E-state index in [1.165, 1.54) is 0 Å². The summed E-state index contributed by atoms with van der Waals surface area (Å²) in [6.07, 6.45) is 0.395. The van der Waals surface area contributed by atoms with Crippen molar-refractivity contribution < 1.29 is 14.7 Å². The Hall–Kier alpha value is -1.50. The number of amides is 3. The van der Waals surface area contributed by atoms with Crippen LogP contribution < -0.4 is 10.6 Å². The van der Waals surface area contributed by atoms with Crippen LogP contribution in [0.4, 0.5) is 4.79 Å². The van der Waals surface area contributed by atoms with Crippen LogP contribution in [0.3, 0.4) is 0 Å². The lowest BCUT2D eigenvalue weighted by molar-refractivity contribution is -0.155. The van der Waals surface area contributed by atoms with Gasteiger partial charge in [-0.1, -0.05) is 65.3 Å². The van der Waals surface area contributed by atoms with Crippen LogP contribution in [-0.2, 0) is 10.4 Å². The van der Waals surface area contributed by atoms with Crippen molar-refractivity contribution in [3.05, 3.63) is 34.9 Å². The maximum atomic E-state index is 13.4. The molecule has 0 radical (unpaired) electrons. The molecule has 1 unspecified atom stereocenters. The summed E-state index contributed by atoms with van der Waals surface area (Å²) in [4.78, 5) is 27.7. The zero-order valence-electron chi connectivity index (χ0n) is 19.9. The molecule has 2 rings (SSSR count). The van der Waals surface area contributed by atoms with Crippen LogP contribution in [0.1, 0.15) is 53.5 Å². The SMILES string of the molecule is CC(C)C(CCl)NC(=O)N[C@@H](C(=O)N1CC[C@](O)(c2ccc(Cl)cc2)C(C)(C)C1)C(C)C. The Morgan fingerprint density at radius 3 is 2.16 bits per heavy atom. The van der Waals surface area contributed by atoms with Gasteiger partial charge in [-0.15, -0.1) is 11.6 Å². The van der Waals surface area contributed by atoms with Gasteiger partial charge in [0.1, 0.15) is 6.04 Å². The molecule has 1 heterocycles. The van der Waals surface area contributed by atoms with Crippen LogP contribution in [0.15, 0.2) is 24.3 Å². The standard InChI is InChI=1S/C24H37Cl2N3O3/c1-15(2)19(13-25)27-22(31)28-20(16(3)4)21(30)29-12-11-24(32,23(5,6)14-29)17-7-9-18(26)10-8-17/h7-10,15-16,19-20,32H,11-14H2,1-6H3,(H2,27,28,31)/t19?,20-,24+/m1/s1. The van der Waals surface area contributed by atoms with Crippen molar-refractivity contribution in [2.24, 2.45) is 17.3 Å². The fourth-order valence-electron chi connectivity index (χ4n) is 4.22. The van der Waals surface area contributed by atoms with Gasteiger partial charge in [-0.2, -0.15) is 0 Å². The summed E-state index contributed by atoms with van der Waals surface area (Å²) in [7, 11) is 0. The second-order valence-electron chi connectivity index (χ2n) is 10.1. The van der Waals surface area contributed by atoms with E-state index in [-0.39, 0.29) is 23.8 Å². The molecule has 1 aromatic carbocycles. The first-order chi connectivity index (χ1) is 14.8. The highest BCUT2D eigenvalue weighted by Gasteiger charge is 2.50. The Morgan fingerprint density at radius 2 is 1.69 bits per heavy atom. The Kier molecular flexibility index (Phi) is 8.88.